The van der Waals surface area contributed by atoms with E-state index in [0.29, 0.717) is 0 Å². The van der Waals surface area contributed by atoms with E-state index >= 15 is 0 Å². The molecule has 0 aliphatic rings. The summed E-state index contributed by atoms with van der Waals surface area (Å²) in [6, 6.07) is 0. The van der Waals surface area contributed by atoms with Gasteiger partial charge in [-0.3, -0.25) is 4.57 Å². The molecule has 0 atom stereocenters. The van der Waals surface area contributed by atoms with Crippen LogP contribution >= 0.6 is 7.82 Å². The number of hydrogen-bond donors (Lipinski definition) is 0. The lowest BCUT2D eigenvalue weighted by molar-refractivity contribution is -0.762. The summed E-state index contributed by atoms with van der Waals surface area (Å²) in [6.07, 6.45) is 0. The van der Waals surface area contributed by atoms with Crippen LogP contribution in [0.25, 0.3) is 0 Å². The van der Waals surface area contributed by atoms with Crippen molar-refractivity contribution in [2.24, 2.45) is 0 Å². The van der Waals surface area contributed by atoms with Gasteiger partial charge in [0.1, 0.15) is 0 Å². The molecular weight excluding hydrogens is 187 g/mol. The van der Waals surface area contributed by atoms with Crippen LogP contribution in [0.15, 0.2) is 0 Å². The van der Waals surface area contributed by atoms with Crippen molar-refractivity contribution in [1.29, 1.82) is 0 Å². The summed E-state index contributed by atoms with van der Waals surface area (Å²) < 4.78 is 15.6. The van der Waals surface area contributed by atoms with Crippen molar-refractivity contribution in [3.8, 4) is 0 Å². The molecule has 0 aromatic heterocycles. The van der Waals surface area contributed by atoms with Crippen LogP contribution in [0.5, 0.6) is 0 Å². The van der Waals surface area contributed by atoms with E-state index in [4.69, 9.17) is 0 Å². The standard InChI is InChI=1S/HN2O8P/c3-1(4)9-11(7,8)10-2(5)6/h(H,7,8)/p-1. The van der Waals surface area contributed by atoms with Crippen molar-refractivity contribution in [3.63, 3.8) is 0 Å². The molecule has 0 radical (unpaired) electrons. The lowest BCUT2D eigenvalue weighted by Crippen LogP contribution is -2.14. The number of hydrogen-bond acceptors (Lipinski definition) is 8. The first-order valence-corrected chi connectivity index (χ1v) is 3.29. The number of phosphoric acid groups is 1. The summed E-state index contributed by atoms with van der Waals surface area (Å²) in [5, 5.41) is 15.1. The molecule has 0 bridgehead atoms. The molecule has 0 unspecified atom stereocenters. The predicted molar refractivity (Wildman–Crippen MR) is 23.8 cm³/mol. The molecule has 0 aliphatic heterocycles. The molecule has 0 aliphatic carbocycles. The average Bonchev–Trinajstić information content (AvgIpc) is 1.53. The molecule has 0 N–H and O–H groups in total. The highest BCUT2D eigenvalue weighted by Crippen LogP contribution is 2.37. The Hall–Kier alpha value is -1.41. The first-order chi connectivity index (χ1) is 4.83. The third kappa shape index (κ3) is 5.06. The Balaban J connectivity index is 4.12. The molecule has 0 amide bonds. The molecule has 0 spiro atoms. The van der Waals surface area contributed by atoms with E-state index in [9.17, 15) is 29.7 Å². The quantitative estimate of drug-likeness (QED) is 0.305. The highest BCUT2D eigenvalue weighted by Gasteiger charge is 2.17. The van der Waals surface area contributed by atoms with Crippen LogP contribution in [0.3, 0.4) is 0 Å². The van der Waals surface area contributed by atoms with Gasteiger partial charge in [0.2, 0.25) is 0 Å². The van der Waals surface area contributed by atoms with Crippen molar-refractivity contribution in [1.82, 2.24) is 0 Å². The van der Waals surface area contributed by atoms with Gasteiger partial charge in [0.15, 0.2) is 0 Å². The van der Waals surface area contributed by atoms with Crippen LogP contribution in [0.1, 0.15) is 0 Å². The Morgan fingerprint density at radius 1 is 1.09 bits per heavy atom. The lowest BCUT2D eigenvalue weighted by Gasteiger charge is -2.15. The fourth-order valence-electron chi connectivity index (χ4n) is 0.178. The zero-order chi connectivity index (χ0) is 9.07. The number of rotatable bonds is 4. The molecule has 0 aromatic rings. The van der Waals surface area contributed by atoms with Gasteiger partial charge < -0.3 is 4.89 Å². The van der Waals surface area contributed by atoms with Gasteiger partial charge in [0.25, 0.3) is 0 Å². The normalized spacial score (nSPS) is 10.3. The zero-order valence-corrected chi connectivity index (χ0v) is 5.50. The van der Waals surface area contributed by atoms with Gasteiger partial charge in [0, 0.05) is 0 Å². The van der Waals surface area contributed by atoms with Gasteiger partial charge >= 0.3 is 18.0 Å². The van der Waals surface area contributed by atoms with Crippen molar-refractivity contribution in [2.75, 3.05) is 0 Å². The maximum absolute atomic E-state index is 9.95. The molecule has 10 nitrogen and oxygen atoms in total. The Labute approximate surface area is 58.2 Å². The van der Waals surface area contributed by atoms with Crippen molar-refractivity contribution >= 4 is 7.82 Å². The fourth-order valence-corrected chi connectivity index (χ4v) is 0.535. The summed E-state index contributed by atoms with van der Waals surface area (Å²) in [7, 11) is -5.45. The van der Waals surface area contributed by atoms with Gasteiger partial charge in [-0.05, 0) is 0 Å². The molecular formula is N2O8P-. The second-order valence-electron chi connectivity index (χ2n) is 1.06. The largest absolute Gasteiger partial charge is 0.759 e. The third-order valence-corrected chi connectivity index (χ3v) is 1.00. The second-order valence-corrected chi connectivity index (χ2v) is 2.28. The average molecular weight is 187 g/mol. The zero-order valence-electron chi connectivity index (χ0n) is 4.61. The first kappa shape index (κ1) is 9.59. The van der Waals surface area contributed by atoms with Crippen LogP contribution < -0.4 is 4.89 Å². The van der Waals surface area contributed by atoms with Gasteiger partial charge in [0.05, 0.1) is 0 Å². The molecule has 0 saturated heterocycles. The maximum Gasteiger partial charge on any atom is 0.354 e. The van der Waals surface area contributed by atoms with E-state index in [1.807, 2.05) is 0 Å². The third-order valence-electron chi connectivity index (χ3n) is 0.333. The summed E-state index contributed by atoms with van der Waals surface area (Å²) in [6.45, 7) is 0. The van der Waals surface area contributed by atoms with E-state index in [1.54, 1.807) is 0 Å². The lowest BCUT2D eigenvalue weighted by atomic mass is 13.1. The minimum atomic E-state index is -5.45. The molecule has 0 heterocycles. The van der Waals surface area contributed by atoms with Crippen molar-refractivity contribution in [2.45, 2.75) is 0 Å². The fraction of sp³-hybridized carbons (Fsp3) is 0. The molecule has 11 heteroatoms. The van der Waals surface area contributed by atoms with E-state index in [2.05, 4.69) is 9.25 Å². The van der Waals surface area contributed by atoms with E-state index in [-0.39, 0.29) is 0 Å². The van der Waals surface area contributed by atoms with Crippen LogP contribution in [-0.4, -0.2) is 10.2 Å². The topological polar surface area (TPSA) is 145 Å². The minimum absolute atomic E-state index is 1.74. The Morgan fingerprint density at radius 3 is 1.55 bits per heavy atom. The first-order valence-electron chi connectivity index (χ1n) is 1.83. The van der Waals surface area contributed by atoms with E-state index in [0.717, 1.165) is 0 Å². The molecule has 0 rings (SSSR count). The Kier molecular flexibility index (Phi) is 2.72. The maximum atomic E-state index is 9.95. The van der Waals surface area contributed by atoms with E-state index in [1.165, 1.54) is 0 Å². The minimum Gasteiger partial charge on any atom is -0.759 e. The monoisotopic (exact) mass is 187 g/mol. The van der Waals surface area contributed by atoms with Gasteiger partial charge in [-0.1, -0.05) is 0 Å². The highest BCUT2D eigenvalue weighted by molar-refractivity contribution is 7.45. The molecule has 0 fully saturated rings. The van der Waals surface area contributed by atoms with Crippen molar-refractivity contribution < 1.29 is 28.9 Å². The van der Waals surface area contributed by atoms with Gasteiger partial charge in [-0.15, -0.1) is 20.2 Å². The molecule has 11 heavy (non-hydrogen) atoms. The number of nitrogens with zero attached hydrogens (tertiary/aromatic N) is 2. The molecule has 0 saturated carbocycles. The summed E-state index contributed by atoms with van der Waals surface area (Å²) >= 11 is 0. The van der Waals surface area contributed by atoms with Crippen molar-refractivity contribution in [3.05, 3.63) is 20.2 Å². The molecule has 64 valence electrons. The van der Waals surface area contributed by atoms with Crippen LogP contribution in [0.2, 0.25) is 0 Å². The van der Waals surface area contributed by atoms with Crippen LogP contribution in [-0.2, 0) is 13.8 Å². The van der Waals surface area contributed by atoms with Crippen LogP contribution in [0, 0.1) is 20.2 Å². The van der Waals surface area contributed by atoms with E-state index < -0.39 is 18.0 Å². The predicted octanol–water partition coefficient (Wildman–Crippen LogP) is -1.13. The van der Waals surface area contributed by atoms with Gasteiger partial charge in [-0.25, -0.2) is 9.25 Å². The highest BCUT2D eigenvalue weighted by atomic mass is 31.2. The molecule has 0 aromatic carbocycles. The summed E-state index contributed by atoms with van der Waals surface area (Å²) in [4.78, 5) is 28.6. The Bertz CT molecular complexity index is 198. The summed E-state index contributed by atoms with van der Waals surface area (Å²) in [5.41, 5.74) is 0. The second kappa shape index (κ2) is 3.12. The smallest absolute Gasteiger partial charge is 0.354 e. The Morgan fingerprint density at radius 2 is 1.36 bits per heavy atom. The van der Waals surface area contributed by atoms with Crippen LogP contribution in [0.4, 0.5) is 0 Å². The summed E-state index contributed by atoms with van der Waals surface area (Å²) in [5.74, 6) is 0. The van der Waals surface area contributed by atoms with Gasteiger partial charge in [-0.2, -0.15) is 0 Å². The SMILES string of the molecule is O=[N+]([O-])OP(=O)([O-])O[N+](=O)[O-].